The average Bonchev–Trinajstić information content (AvgIpc) is 3.04. The predicted octanol–water partition coefficient (Wildman–Crippen LogP) is 4.81. The standard InChI is InChI=1S/C36H20B2O4/c1-4-11-27-23(8-1)38-26-17-16-21(18-32(26)42-31-15-7-14-30(39-27)35(31)38)22-19-33-36-34(20-22)41-29-13-6-3-10-25(29)37(36)24-9-2-5-12-28(24)40-33/h1-20H. The van der Waals surface area contributed by atoms with Gasteiger partial charge in [-0.05, 0) is 81.5 Å². The zero-order valence-corrected chi connectivity index (χ0v) is 22.3. The molecule has 0 N–H and O–H groups in total. The van der Waals surface area contributed by atoms with Crippen molar-refractivity contribution in [3.05, 3.63) is 121 Å². The molecule has 0 saturated carbocycles. The molecule has 0 aromatic heterocycles. The summed E-state index contributed by atoms with van der Waals surface area (Å²) < 4.78 is 25.9. The number of hydrogen-bond acceptors (Lipinski definition) is 4. The van der Waals surface area contributed by atoms with Crippen molar-refractivity contribution < 1.29 is 18.9 Å². The molecule has 0 unspecified atom stereocenters. The fourth-order valence-electron chi connectivity index (χ4n) is 7.12. The van der Waals surface area contributed by atoms with Crippen LogP contribution >= 0.6 is 0 Å². The van der Waals surface area contributed by atoms with Gasteiger partial charge >= 0.3 is 0 Å². The second kappa shape index (κ2) is 8.11. The predicted molar refractivity (Wildman–Crippen MR) is 167 cm³/mol. The van der Waals surface area contributed by atoms with Crippen LogP contribution in [0.1, 0.15) is 0 Å². The van der Waals surface area contributed by atoms with Crippen LogP contribution in [0.2, 0.25) is 0 Å². The van der Waals surface area contributed by atoms with Crippen molar-refractivity contribution in [1.82, 2.24) is 0 Å². The molecule has 0 amide bonds. The molecular formula is C36H20B2O4. The Bertz CT molecular complexity index is 2070. The van der Waals surface area contributed by atoms with E-state index in [0.717, 1.165) is 89.9 Å². The minimum absolute atomic E-state index is 0.0454. The summed E-state index contributed by atoms with van der Waals surface area (Å²) >= 11 is 0. The maximum absolute atomic E-state index is 6.55. The van der Waals surface area contributed by atoms with E-state index in [4.69, 9.17) is 18.9 Å². The zero-order chi connectivity index (χ0) is 27.4. The Labute approximate surface area is 243 Å². The third-order valence-electron chi connectivity index (χ3n) is 8.94. The molecule has 4 aliphatic rings. The molecule has 42 heavy (non-hydrogen) atoms. The highest BCUT2D eigenvalue weighted by Gasteiger charge is 2.41. The Morgan fingerprint density at radius 2 is 0.714 bits per heavy atom. The first-order valence-corrected chi connectivity index (χ1v) is 14.2. The highest BCUT2D eigenvalue weighted by atomic mass is 16.5. The lowest BCUT2D eigenvalue weighted by atomic mass is 9.34. The fraction of sp³-hybridized carbons (Fsp3) is 0. The Morgan fingerprint density at radius 3 is 1.29 bits per heavy atom. The molecule has 0 spiro atoms. The van der Waals surface area contributed by atoms with E-state index in [-0.39, 0.29) is 13.4 Å². The molecule has 194 valence electrons. The highest BCUT2D eigenvalue weighted by molar-refractivity contribution is 6.99. The summed E-state index contributed by atoms with van der Waals surface area (Å²) in [6, 6.07) is 41.7. The second-order valence-electron chi connectivity index (χ2n) is 11.2. The van der Waals surface area contributed by atoms with Crippen LogP contribution in [-0.4, -0.2) is 13.4 Å². The minimum Gasteiger partial charge on any atom is -0.458 e. The lowest BCUT2D eigenvalue weighted by Crippen LogP contribution is -2.57. The molecule has 6 aromatic carbocycles. The van der Waals surface area contributed by atoms with Gasteiger partial charge in [0.2, 0.25) is 0 Å². The zero-order valence-electron chi connectivity index (χ0n) is 22.3. The van der Waals surface area contributed by atoms with E-state index in [2.05, 4.69) is 66.7 Å². The Kier molecular flexibility index (Phi) is 4.32. The van der Waals surface area contributed by atoms with Gasteiger partial charge in [-0.15, -0.1) is 0 Å². The maximum atomic E-state index is 6.55. The van der Waals surface area contributed by atoms with Crippen molar-refractivity contribution in [2.24, 2.45) is 0 Å². The number of fused-ring (bicyclic) bond motifs is 8. The third kappa shape index (κ3) is 2.98. The van der Waals surface area contributed by atoms with Crippen molar-refractivity contribution in [3.63, 3.8) is 0 Å². The molecule has 6 heteroatoms. The van der Waals surface area contributed by atoms with Crippen LogP contribution in [0.3, 0.4) is 0 Å². The molecular weight excluding hydrogens is 518 g/mol. The monoisotopic (exact) mass is 538 g/mol. The largest absolute Gasteiger partial charge is 0.458 e. The van der Waals surface area contributed by atoms with Crippen LogP contribution < -0.4 is 51.7 Å². The maximum Gasteiger partial charge on any atom is 0.260 e. The van der Waals surface area contributed by atoms with Crippen molar-refractivity contribution >= 4 is 46.2 Å². The van der Waals surface area contributed by atoms with Crippen molar-refractivity contribution in [1.29, 1.82) is 0 Å². The first kappa shape index (κ1) is 22.4. The van der Waals surface area contributed by atoms with Gasteiger partial charge in [0.05, 0.1) is 0 Å². The van der Waals surface area contributed by atoms with Gasteiger partial charge in [-0.1, -0.05) is 72.8 Å². The summed E-state index contributed by atoms with van der Waals surface area (Å²) in [5, 5.41) is 0. The molecule has 0 bridgehead atoms. The average molecular weight is 538 g/mol. The van der Waals surface area contributed by atoms with Crippen LogP contribution in [0.4, 0.5) is 0 Å². The summed E-state index contributed by atoms with van der Waals surface area (Å²) in [5.41, 5.74) is 8.81. The van der Waals surface area contributed by atoms with E-state index in [0.29, 0.717) is 0 Å². The summed E-state index contributed by atoms with van der Waals surface area (Å²) in [6.45, 7) is 0.106. The molecule has 4 heterocycles. The Balaban J connectivity index is 1.13. The van der Waals surface area contributed by atoms with Gasteiger partial charge in [-0.3, -0.25) is 0 Å². The van der Waals surface area contributed by atoms with Gasteiger partial charge in [0, 0.05) is 10.9 Å². The van der Waals surface area contributed by atoms with E-state index >= 15 is 0 Å². The van der Waals surface area contributed by atoms with Gasteiger partial charge in [0.15, 0.2) is 0 Å². The van der Waals surface area contributed by atoms with Gasteiger partial charge in [0.1, 0.15) is 46.0 Å². The number of ether oxygens (including phenoxy) is 4. The Hall–Kier alpha value is -5.35. The lowest BCUT2D eigenvalue weighted by Gasteiger charge is -2.34. The second-order valence-corrected chi connectivity index (χ2v) is 11.2. The van der Waals surface area contributed by atoms with Crippen LogP contribution in [0, 0.1) is 0 Å². The molecule has 0 saturated heterocycles. The summed E-state index contributed by atoms with van der Waals surface area (Å²) in [5.74, 6) is 6.84. The van der Waals surface area contributed by atoms with Crippen molar-refractivity contribution in [3.8, 4) is 57.1 Å². The van der Waals surface area contributed by atoms with Crippen molar-refractivity contribution in [2.75, 3.05) is 0 Å². The summed E-state index contributed by atoms with van der Waals surface area (Å²) in [7, 11) is 0. The highest BCUT2D eigenvalue weighted by Crippen LogP contribution is 2.40. The number of hydrogen-bond donors (Lipinski definition) is 0. The number of rotatable bonds is 1. The normalized spacial score (nSPS) is 13.9. The first-order chi connectivity index (χ1) is 20.8. The van der Waals surface area contributed by atoms with E-state index in [1.807, 2.05) is 54.6 Å². The summed E-state index contributed by atoms with van der Waals surface area (Å²) in [4.78, 5) is 0. The van der Waals surface area contributed by atoms with Crippen LogP contribution in [0.25, 0.3) is 11.1 Å². The third-order valence-corrected chi connectivity index (χ3v) is 8.94. The van der Waals surface area contributed by atoms with Gasteiger partial charge in [0.25, 0.3) is 13.4 Å². The molecule has 0 atom stereocenters. The van der Waals surface area contributed by atoms with Crippen LogP contribution in [-0.2, 0) is 0 Å². The molecule has 10 rings (SSSR count). The van der Waals surface area contributed by atoms with E-state index in [1.165, 1.54) is 0 Å². The number of para-hydroxylation sites is 3. The first-order valence-electron chi connectivity index (χ1n) is 14.2. The van der Waals surface area contributed by atoms with Gasteiger partial charge in [-0.2, -0.15) is 0 Å². The fourth-order valence-corrected chi connectivity index (χ4v) is 7.12. The Morgan fingerprint density at radius 1 is 0.310 bits per heavy atom. The lowest BCUT2D eigenvalue weighted by molar-refractivity contribution is 0.463. The quantitative estimate of drug-likeness (QED) is 0.282. The smallest absolute Gasteiger partial charge is 0.260 e. The molecule has 6 aromatic rings. The number of benzene rings is 6. The molecule has 0 radical (unpaired) electrons. The molecule has 0 aliphatic carbocycles. The summed E-state index contributed by atoms with van der Waals surface area (Å²) in [6.07, 6.45) is 0. The SMILES string of the molecule is c1ccc2c(c1)Oc1cccc3c1B2c1ccc(-c2cc4c5c(c2)Oc2ccccc2B5c2ccccc2O4)cc1O3. The molecule has 4 aliphatic heterocycles. The van der Waals surface area contributed by atoms with E-state index < -0.39 is 0 Å². The minimum atomic E-state index is 0.0454. The van der Waals surface area contributed by atoms with E-state index in [1.54, 1.807) is 0 Å². The van der Waals surface area contributed by atoms with Gasteiger partial charge in [-0.25, -0.2) is 0 Å². The molecule has 0 fully saturated rings. The van der Waals surface area contributed by atoms with E-state index in [9.17, 15) is 0 Å². The van der Waals surface area contributed by atoms with Crippen LogP contribution in [0.5, 0.6) is 46.0 Å². The topological polar surface area (TPSA) is 36.9 Å². The van der Waals surface area contributed by atoms with Crippen molar-refractivity contribution in [2.45, 2.75) is 0 Å². The van der Waals surface area contributed by atoms with Gasteiger partial charge < -0.3 is 18.9 Å². The molecule has 4 nitrogen and oxygen atoms in total. The van der Waals surface area contributed by atoms with Crippen LogP contribution in [0.15, 0.2) is 121 Å².